The molecule has 0 radical (unpaired) electrons. The minimum Gasteiger partial charge on any atom is -0.497 e. The van der Waals surface area contributed by atoms with Gasteiger partial charge >= 0.3 is 0 Å². The van der Waals surface area contributed by atoms with Gasteiger partial charge in [-0.2, -0.15) is 0 Å². The van der Waals surface area contributed by atoms with Crippen LogP contribution in [0.1, 0.15) is 42.1 Å². The molecule has 2 aromatic carbocycles. The number of hydrogen-bond donors (Lipinski definition) is 1. The van der Waals surface area contributed by atoms with Crippen LogP contribution in [0.5, 0.6) is 5.75 Å². The zero-order valence-corrected chi connectivity index (χ0v) is 19.3. The molecule has 0 spiro atoms. The van der Waals surface area contributed by atoms with E-state index in [9.17, 15) is 9.59 Å². The van der Waals surface area contributed by atoms with Crippen LogP contribution in [0, 0.1) is 0 Å². The van der Waals surface area contributed by atoms with Gasteiger partial charge in [0.15, 0.2) is 0 Å². The summed E-state index contributed by atoms with van der Waals surface area (Å²) in [6, 6.07) is 17.7. The third kappa shape index (κ3) is 6.82. The molecule has 0 aromatic heterocycles. The molecule has 3 rings (SSSR count). The SMILES string of the molecule is CCCN(CC(=O)NCCc1ccc(OC)cc1)C1CCN(C(=O)c2ccccc2)CC1. The van der Waals surface area contributed by atoms with E-state index in [0.717, 1.165) is 56.6 Å². The number of piperidine rings is 1. The molecule has 1 fully saturated rings. The Labute approximate surface area is 191 Å². The molecule has 32 heavy (non-hydrogen) atoms. The van der Waals surface area contributed by atoms with Crippen LogP contribution in [0.4, 0.5) is 0 Å². The van der Waals surface area contributed by atoms with Crippen molar-refractivity contribution in [1.82, 2.24) is 15.1 Å². The second-order valence-electron chi connectivity index (χ2n) is 8.31. The molecule has 0 saturated carbocycles. The Morgan fingerprint density at radius 1 is 1.06 bits per heavy atom. The summed E-state index contributed by atoms with van der Waals surface area (Å²) in [6.45, 7) is 5.53. The smallest absolute Gasteiger partial charge is 0.253 e. The average Bonchev–Trinajstić information content (AvgIpc) is 2.84. The molecule has 1 aliphatic rings. The third-order valence-electron chi connectivity index (χ3n) is 6.04. The summed E-state index contributed by atoms with van der Waals surface area (Å²) in [7, 11) is 1.66. The molecule has 1 saturated heterocycles. The minimum absolute atomic E-state index is 0.0646. The lowest BCUT2D eigenvalue weighted by Crippen LogP contribution is -2.49. The van der Waals surface area contributed by atoms with Crippen LogP contribution in [0.2, 0.25) is 0 Å². The molecule has 2 aromatic rings. The maximum atomic E-state index is 12.7. The van der Waals surface area contributed by atoms with E-state index in [-0.39, 0.29) is 11.8 Å². The van der Waals surface area contributed by atoms with Crippen LogP contribution < -0.4 is 10.1 Å². The first-order chi connectivity index (χ1) is 15.6. The van der Waals surface area contributed by atoms with Crippen molar-refractivity contribution in [3.63, 3.8) is 0 Å². The molecule has 1 aliphatic heterocycles. The standard InChI is InChI=1S/C26H35N3O3/c1-3-17-29(20-25(30)27-16-13-21-9-11-24(32-2)12-10-21)23-14-18-28(19-15-23)26(31)22-7-5-4-6-8-22/h4-12,23H,3,13-20H2,1-2H3,(H,27,30). The first-order valence-electron chi connectivity index (χ1n) is 11.6. The van der Waals surface area contributed by atoms with Gasteiger partial charge in [0, 0.05) is 31.2 Å². The molecule has 1 heterocycles. The Bertz CT molecular complexity index is 846. The van der Waals surface area contributed by atoms with E-state index in [1.54, 1.807) is 7.11 Å². The fourth-order valence-electron chi connectivity index (χ4n) is 4.25. The summed E-state index contributed by atoms with van der Waals surface area (Å²) in [4.78, 5) is 29.5. The molecule has 0 bridgehead atoms. The highest BCUT2D eigenvalue weighted by molar-refractivity contribution is 5.94. The van der Waals surface area contributed by atoms with E-state index in [0.29, 0.717) is 19.1 Å². The number of nitrogens with one attached hydrogen (secondary N) is 1. The molecule has 0 atom stereocenters. The molecule has 6 heteroatoms. The van der Waals surface area contributed by atoms with Gasteiger partial charge in [-0.05, 0) is 62.1 Å². The normalized spacial score (nSPS) is 14.4. The van der Waals surface area contributed by atoms with E-state index in [1.165, 1.54) is 5.56 Å². The van der Waals surface area contributed by atoms with Gasteiger partial charge in [-0.3, -0.25) is 14.5 Å². The van der Waals surface area contributed by atoms with E-state index < -0.39 is 0 Å². The van der Waals surface area contributed by atoms with Crippen molar-refractivity contribution < 1.29 is 14.3 Å². The Kier molecular flexibility index (Phi) is 9.11. The Hall–Kier alpha value is -2.86. The molecule has 0 aliphatic carbocycles. The van der Waals surface area contributed by atoms with Gasteiger partial charge in [0.05, 0.1) is 13.7 Å². The first-order valence-corrected chi connectivity index (χ1v) is 11.6. The fraction of sp³-hybridized carbons (Fsp3) is 0.462. The number of amides is 2. The van der Waals surface area contributed by atoms with Crippen LogP contribution in [0.15, 0.2) is 54.6 Å². The van der Waals surface area contributed by atoms with E-state index in [4.69, 9.17) is 4.74 Å². The lowest BCUT2D eigenvalue weighted by Gasteiger charge is -2.38. The predicted molar refractivity (Wildman–Crippen MR) is 127 cm³/mol. The molecule has 0 unspecified atom stereocenters. The zero-order chi connectivity index (χ0) is 22.8. The number of ether oxygens (including phenoxy) is 1. The van der Waals surface area contributed by atoms with Gasteiger partial charge in [0.1, 0.15) is 5.75 Å². The number of methoxy groups -OCH3 is 1. The number of benzene rings is 2. The van der Waals surface area contributed by atoms with Gasteiger partial charge in [0.2, 0.25) is 5.91 Å². The van der Waals surface area contributed by atoms with Crippen LogP contribution in [0.3, 0.4) is 0 Å². The molecular formula is C26H35N3O3. The van der Waals surface area contributed by atoms with Crippen molar-refractivity contribution in [3.8, 4) is 5.75 Å². The van der Waals surface area contributed by atoms with E-state index in [1.807, 2.05) is 59.5 Å². The van der Waals surface area contributed by atoms with Crippen molar-refractivity contribution in [3.05, 3.63) is 65.7 Å². The van der Waals surface area contributed by atoms with E-state index >= 15 is 0 Å². The van der Waals surface area contributed by atoms with Gasteiger partial charge in [0.25, 0.3) is 5.91 Å². The molecule has 2 amide bonds. The Morgan fingerprint density at radius 2 is 1.75 bits per heavy atom. The van der Waals surface area contributed by atoms with Gasteiger partial charge in [-0.15, -0.1) is 0 Å². The maximum Gasteiger partial charge on any atom is 0.253 e. The summed E-state index contributed by atoms with van der Waals surface area (Å²) in [5.74, 6) is 1.00. The topological polar surface area (TPSA) is 61.9 Å². The quantitative estimate of drug-likeness (QED) is 0.619. The summed E-state index contributed by atoms with van der Waals surface area (Å²) in [5.41, 5.74) is 1.92. The lowest BCUT2D eigenvalue weighted by molar-refractivity contribution is -0.123. The average molecular weight is 438 g/mol. The van der Waals surface area contributed by atoms with Gasteiger partial charge in [-0.1, -0.05) is 37.3 Å². The summed E-state index contributed by atoms with van der Waals surface area (Å²) in [5, 5.41) is 3.06. The summed E-state index contributed by atoms with van der Waals surface area (Å²) >= 11 is 0. The fourth-order valence-corrected chi connectivity index (χ4v) is 4.25. The highest BCUT2D eigenvalue weighted by Crippen LogP contribution is 2.19. The summed E-state index contributed by atoms with van der Waals surface area (Å²) < 4.78 is 5.18. The first kappa shape index (κ1) is 23.8. The van der Waals surface area contributed by atoms with E-state index in [2.05, 4.69) is 17.1 Å². The molecular weight excluding hydrogens is 402 g/mol. The predicted octanol–water partition coefficient (Wildman–Crippen LogP) is 3.37. The lowest BCUT2D eigenvalue weighted by atomic mass is 10.0. The van der Waals surface area contributed by atoms with Crippen LogP contribution in [-0.4, -0.2) is 67.5 Å². The highest BCUT2D eigenvalue weighted by atomic mass is 16.5. The van der Waals surface area contributed by atoms with Crippen molar-refractivity contribution in [1.29, 1.82) is 0 Å². The maximum absolute atomic E-state index is 12.7. The second-order valence-corrected chi connectivity index (χ2v) is 8.31. The van der Waals surface area contributed by atoms with Gasteiger partial charge in [-0.25, -0.2) is 0 Å². The highest BCUT2D eigenvalue weighted by Gasteiger charge is 2.28. The van der Waals surface area contributed by atoms with Crippen molar-refractivity contribution in [2.45, 2.75) is 38.6 Å². The number of carbonyl (C=O) groups excluding carboxylic acids is 2. The van der Waals surface area contributed by atoms with Crippen LogP contribution >= 0.6 is 0 Å². The Morgan fingerprint density at radius 3 is 2.38 bits per heavy atom. The van der Waals surface area contributed by atoms with Crippen molar-refractivity contribution in [2.75, 3.05) is 39.8 Å². The van der Waals surface area contributed by atoms with Crippen LogP contribution in [-0.2, 0) is 11.2 Å². The minimum atomic E-state index is 0.0646. The second kappa shape index (κ2) is 12.2. The number of likely N-dealkylation sites (tertiary alicyclic amines) is 1. The summed E-state index contributed by atoms with van der Waals surface area (Å²) in [6.07, 6.45) is 3.60. The molecule has 6 nitrogen and oxygen atoms in total. The number of rotatable bonds is 10. The molecule has 1 N–H and O–H groups in total. The van der Waals surface area contributed by atoms with Gasteiger partial charge < -0.3 is 15.0 Å². The third-order valence-corrected chi connectivity index (χ3v) is 6.04. The van der Waals surface area contributed by atoms with Crippen molar-refractivity contribution in [2.24, 2.45) is 0 Å². The Balaban J connectivity index is 1.44. The number of carbonyl (C=O) groups is 2. The van der Waals surface area contributed by atoms with Crippen LogP contribution in [0.25, 0.3) is 0 Å². The molecule has 172 valence electrons. The monoisotopic (exact) mass is 437 g/mol. The largest absolute Gasteiger partial charge is 0.497 e. The number of hydrogen-bond acceptors (Lipinski definition) is 4. The number of nitrogens with zero attached hydrogens (tertiary/aromatic N) is 2. The van der Waals surface area contributed by atoms with Crippen molar-refractivity contribution >= 4 is 11.8 Å². The zero-order valence-electron chi connectivity index (χ0n) is 19.3.